The van der Waals surface area contributed by atoms with Crippen LogP contribution in [0.1, 0.15) is 11.3 Å². The van der Waals surface area contributed by atoms with E-state index in [0.29, 0.717) is 14.6 Å². The molecule has 0 atom stereocenters. The van der Waals surface area contributed by atoms with Gasteiger partial charge in [-0.3, -0.25) is 10.1 Å². The van der Waals surface area contributed by atoms with Crippen molar-refractivity contribution >= 4 is 41.9 Å². The van der Waals surface area contributed by atoms with E-state index in [2.05, 4.69) is 31.9 Å². The van der Waals surface area contributed by atoms with Crippen LogP contribution in [0.5, 0.6) is 0 Å². The first kappa shape index (κ1) is 17.2. The average Bonchev–Trinajstić information content (AvgIpc) is 2.73. The Labute approximate surface area is 144 Å². The molecule has 1 aromatic heterocycles. The van der Waals surface area contributed by atoms with Gasteiger partial charge in [0.05, 0.1) is 26.0 Å². The molecule has 0 bridgehead atoms. The second kappa shape index (κ2) is 6.51. The van der Waals surface area contributed by atoms with Crippen LogP contribution in [-0.4, -0.2) is 23.9 Å². The third-order valence-corrected chi connectivity index (χ3v) is 6.80. The van der Waals surface area contributed by atoms with Crippen molar-refractivity contribution in [3.8, 4) is 0 Å². The van der Waals surface area contributed by atoms with Gasteiger partial charge >= 0.3 is 0 Å². The van der Waals surface area contributed by atoms with Gasteiger partial charge in [-0.05, 0) is 50.9 Å². The third kappa shape index (κ3) is 3.41. The normalized spacial score (nSPS) is 11.6. The molecule has 0 fully saturated rings. The third-order valence-electron chi connectivity index (χ3n) is 3.07. The number of halogens is 2. The van der Waals surface area contributed by atoms with Crippen molar-refractivity contribution in [1.29, 1.82) is 0 Å². The lowest BCUT2D eigenvalue weighted by molar-refractivity contribution is -0.479. The average molecular weight is 452 g/mol. The van der Waals surface area contributed by atoms with Crippen molar-refractivity contribution in [2.75, 3.05) is 6.54 Å². The molecule has 0 amide bonds. The molecular formula is C13H12Br2N2O4S. The molecule has 0 radical (unpaired) electrons. The molecule has 22 heavy (non-hydrogen) atoms. The summed E-state index contributed by atoms with van der Waals surface area (Å²) in [6.45, 7) is 1.51. The number of nitro groups is 1. The first-order valence-corrected chi connectivity index (χ1v) is 9.25. The van der Waals surface area contributed by atoms with E-state index in [4.69, 9.17) is 0 Å². The van der Waals surface area contributed by atoms with Gasteiger partial charge in [0.2, 0.25) is 6.54 Å². The topological polar surface area (TPSA) is 82.2 Å². The van der Waals surface area contributed by atoms with Crippen molar-refractivity contribution in [1.82, 2.24) is 3.97 Å². The van der Waals surface area contributed by atoms with Crippen LogP contribution in [0.2, 0.25) is 0 Å². The predicted octanol–water partition coefficient (Wildman–Crippen LogP) is 3.38. The van der Waals surface area contributed by atoms with Crippen molar-refractivity contribution in [2.45, 2.75) is 18.2 Å². The minimum Gasteiger partial charge on any atom is -0.265 e. The Morgan fingerprint density at radius 1 is 1.23 bits per heavy atom. The second-order valence-corrected chi connectivity index (χ2v) is 8.12. The molecule has 0 saturated carbocycles. The maximum Gasteiger partial charge on any atom is 0.267 e. The van der Waals surface area contributed by atoms with Crippen molar-refractivity contribution < 1.29 is 13.3 Å². The summed E-state index contributed by atoms with van der Waals surface area (Å²) < 4.78 is 27.6. The molecule has 0 saturated heterocycles. The summed E-state index contributed by atoms with van der Waals surface area (Å²) in [5, 5.41) is 10.6. The number of aryl methyl sites for hydroxylation is 1. The Morgan fingerprint density at radius 3 is 2.36 bits per heavy atom. The number of hydrogen-bond donors (Lipinski definition) is 0. The largest absolute Gasteiger partial charge is 0.267 e. The second-order valence-electron chi connectivity index (χ2n) is 4.66. The Balaban J connectivity index is 2.53. The van der Waals surface area contributed by atoms with Crippen molar-refractivity contribution in [3.63, 3.8) is 0 Å². The SMILES string of the molecule is Cc1ccc(S(=O)(=O)n2cc(Br)c(Br)c2CC[N+](=O)[O-])cc1. The molecule has 2 aromatic rings. The fraction of sp³-hybridized carbons (Fsp3) is 0.231. The monoisotopic (exact) mass is 450 g/mol. The number of hydrogen-bond acceptors (Lipinski definition) is 4. The lowest BCUT2D eigenvalue weighted by atomic mass is 10.2. The molecule has 0 aliphatic heterocycles. The molecule has 0 unspecified atom stereocenters. The smallest absolute Gasteiger partial charge is 0.265 e. The molecule has 1 aromatic carbocycles. The van der Waals surface area contributed by atoms with Crippen LogP contribution in [0.15, 0.2) is 44.3 Å². The van der Waals surface area contributed by atoms with E-state index in [-0.39, 0.29) is 17.9 Å². The molecule has 118 valence electrons. The fourth-order valence-corrected chi connectivity index (χ4v) is 4.53. The highest BCUT2D eigenvalue weighted by molar-refractivity contribution is 9.13. The van der Waals surface area contributed by atoms with Crippen LogP contribution < -0.4 is 0 Å². The van der Waals surface area contributed by atoms with Gasteiger partial charge < -0.3 is 0 Å². The van der Waals surface area contributed by atoms with Crippen LogP contribution in [0.3, 0.4) is 0 Å². The van der Waals surface area contributed by atoms with Gasteiger partial charge in [0.25, 0.3) is 10.0 Å². The summed E-state index contributed by atoms with van der Waals surface area (Å²) in [5.41, 5.74) is 1.28. The van der Waals surface area contributed by atoms with E-state index in [9.17, 15) is 18.5 Å². The molecule has 0 aliphatic rings. The lowest BCUT2D eigenvalue weighted by Crippen LogP contribution is -2.17. The first-order valence-electron chi connectivity index (χ1n) is 6.22. The molecule has 0 spiro atoms. The predicted molar refractivity (Wildman–Crippen MR) is 89.2 cm³/mol. The Kier molecular flexibility index (Phi) is 5.08. The molecule has 6 nitrogen and oxygen atoms in total. The van der Waals surface area contributed by atoms with Gasteiger partial charge in [0.15, 0.2) is 0 Å². The summed E-state index contributed by atoms with van der Waals surface area (Å²) in [5.74, 6) is 0. The standard InChI is InChI=1S/C13H12Br2N2O4S/c1-9-2-4-10(5-3-9)22(20,21)16-8-11(14)13(15)12(16)6-7-17(18)19/h2-5,8H,6-7H2,1H3. The first-order chi connectivity index (χ1) is 10.2. The van der Waals surface area contributed by atoms with E-state index in [0.717, 1.165) is 9.54 Å². The van der Waals surface area contributed by atoms with Gasteiger partial charge in [-0.25, -0.2) is 12.4 Å². The Hall–Kier alpha value is -1.19. The summed E-state index contributed by atoms with van der Waals surface area (Å²) in [7, 11) is -3.80. The van der Waals surface area contributed by atoms with E-state index in [1.54, 1.807) is 12.1 Å². The number of nitrogens with zero attached hydrogens (tertiary/aromatic N) is 2. The van der Waals surface area contributed by atoms with Crippen LogP contribution in [-0.2, 0) is 16.4 Å². The molecule has 0 N–H and O–H groups in total. The summed E-state index contributed by atoms with van der Waals surface area (Å²) in [4.78, 5) is 10.2. The highest BCUT2D eigenvalue weighted by Gasteiger charge is 2.24. The zero-order valence-corrected chi connectivity index (χ0v) is 15.5. The van der Waals surface area contributed by atoms with E-state index in [1.165, 1.54) is 18.3 Å². The lowest BCUT2D eigenvalue weighted by Gasteiger charge is -2.10. The van der Waals surface area contributed by atoms with Gasteiger partial charge in [0.1, 0.15) is 0 Å². The maximum absolute atomic E-state index is 12.7. The fourth-order valence-electron chi connectivity index (χ4n) is 1.93. The number of benzene rings is 1. The minimum atomic E-state index is -3.80. The van der Waals surface area contributed by atoms with E-state index >= 15 is 0 Å². The molecule has 1 heterocycles. The summed E-state index contributed by atoms with van der Waals surface area (Å²) in [6, 6.07) is 6.45. The molecule has 2 rings (SSSR count). The maximum atomic E-state index is 12.7. The van der Waals surface area contributed by atoms with Crippen molar-refractivity contribution in [2.24, 2.45) is 0 Å². The summed E-state index contributed by atoms with van der Waals surface area (Å²) >= 11 is 6.52. The highest BCUT2D eigenvalue weighted by Crippen LogP contribution is 2.32. The van der Waals surface area contributed by atoms with Gasteiger partial charge in [-0.2, -0.15) is 0 Å². The number of aromatic nitrogens is 1. The minimum absolute atomic E-state index is 0.00424. The van der Waals surface area contributed by atoms with E-state index in [1.807, 2.05) is 6.92 Å². The van der Waals surface area contributed by atoms with Gasteiger partial charge in [-0.1, -0.05) is 17.7 Å². The molecular weight excluding hydrogens is 440 g/mol. The molecule has 0 aliphatic carbocycles. The zero-order chi connectivity index (χ0) is 16.5. The van der Waals surface area contributed by atoms with Crippen LogP contribution >= 0.6 is 31.9 Å². The zero-order valence-electron chi connectivity index (χ0n) is 11.5. The quantitative estimate of drug-likeness (QED) is 0.515. The van der Waals surface area contributed by atoms with Gasteiger partial charge in [-0.15, -0.1) is 0 Å². The Morgan fingerprint density at radius 2 is 1.82 bits per heavy atom. The van der Waals surface area contributed by atoms with Crippen LogP contribution in [0, 0.1) is 17.0 Å². The van der Waals surface area contributed by atoms with E-state index < -0.39 is 14.9 Å². The summed E-state index contributed by atoms with van der Waals surface area (Å²) in [6.07, 6.45) is 1.40. The van der Waals surface area contributed by atoms with Crippen LogP contribution in [0.25, 0.3) is 0 Å². The van der Waals surface area contributed by atoms with Gasteiger partial charge in [0, 0.05) is 11.1 Å². The molecule has 9 heteroatoms. The van der Waals surface area contributed by atoms with Crippen LogP contribution in [0.4, 0.5) is 0 Å². The number of rotatable bonds is 5. The van der Waals surface area contributed by atoms with Crippen molar-refractivity contribution in [3.05, 3.63) is 60.8 Å². The Bertz CT molecular complexity index is 813. The highest BCUT2D eigenvalue weighted by atomic mass is 79.9.